The summed E-state index contributed by atoms with van der Waals surface area (Å²) in [6.07, 6.45) is -9.24. The fraction of sp³-hybridized carbons (Fsp3) is 1.00. The van der Waals surface area contributed by atoms with Crippen molar-refractivity contribution in [1.29, 1.82) is 0 Å². The highest BCUT2D eigenvalue weighted by molar-refractivity contribution is 5.06. The van der Waals surface area contributed by atoms with Gasteiger partial charge in [-0.2, -0.15) is 48.3 Å². The Kier molecular flexibility index (Phi) is 7.40. The monoisotopic (exact) mass is 426 g/mol. The lowest BCUT2D eigenvalue weighted by molar-refractivity contribution is -0.422. The molecule has 1 heterocycles. The molecule has 13 heteroatoms. The van der Waals surface area contributed by atoms with E-state index in [1.54, 1.807) is 0 Å². The van der Waals surface area contributed by atoms with E-state index in [1.807, 2.05) is 0 Å². The fourth-order valence-electron chi connectivity index (χ4n) is 2.28. The summed E-state index contributed by atoms with van der Waals surface area (Å²) in [4.78, 5) is 0. The molecule has 0 saturated carbocycles. The number of unbranched alkanes of at least 4 members (excludes halogenated alkanes) is 2. The molecule has 0 spiro atoms. The maximum absolute atomic E-state index is 13.4. The molecule has 1 aliphatic heterocycles. The molecule has 0 aliphatic carbocycles. The highest BCUT2D eigenvalue weighted by Crippen LogP contribution is 2.58. The van der Waals surface area contributed by atoms with E-state index < -0.39 is 49.0 Å². The average molecular weight is 426 g/mol. The Morgan fingerprint density at radius 1 is 0.741 bits per heavy atom. The van der Waals surface area contributed by atoms with E-state index in [4.69, 9.17) is 9.47 Å². The van der Waals surface area contributed by atoms with Gasteiger partial charge in [0.25, 0.3) is 0 Å². The Balaban J connectivity index is 2.60. The number of hydrogen-bond acceptors (Lipinski definition) is 2. The predicted molar refractivity (Wildman–Crippen MR) is 69.2 cm³/mol. The molecule has 0 N–H and O–H groups in total. The van der Waals surface area contributed by atoms with Crippen LogP contribution in [0, 0.1) is 0 Å². The van der Waals surface area contributed by atoms with Gasteiger partial charge in [-0.15, -0.1) is 0 Å². The van der Waals surface area contributed by atoms with Gasteiger partial charge in [0.15, 0.2) is 6.29 Å². The molecule has 1 saturated heterocycles. The zero-order chi connectivity index (χ0) is 21.1. The summed E-state index contributed by atoms with van der Waals surface area (Å²) in [6, 6.07) is 0. The fourth-order valence-corrected chi connectivity index (χ4v) is 2.28. The Morgan fingerprint density at radius 3 is 1.81 bits per heavy atom. The topological polar surface area (TPSA) is 18.5 Å². The van der Waals surface area contributed by atoms with E-state index in [0.717, 1.165) is 6.42 Å². The first-order chi connectivity index (χ1) is 12.1. The van der Waals surface area contributed by atoms with Crippen LogP contribution >= 0.6 is 0 Å². The lowest BCUT2D eigenvalue weighted by atomic mass is 9.94. The molecular formula is C14H17F11O2. The second kappa shape index (κ2) is 8.26. The third-order valence-electron chi connectivity index (χ3n) is 3.93. The average Bonchev–Trinajstić information content (AvgIpc) is 3.02. The zero-order valence-electron chi connectivity index (χ0n) is 13.7. The lowest BCUT2D eigenvalue weighted by Crippen LogP contribution is -2.66. The van der Waals surface area contributed by atoms with E-state index in [2.05, 4.69) is 0 Å². The molecule has 1 fully saturated rings. The smallest absolute Gasteiger partial charge is 0.353 e. The largest absolute Gasteiger partial charge is 0.460 e. The summed E-state index contributed by atoms with van der Waals surface area (Å²) in [5, 5.41) is 0. The Bertz CT molecular complexity index is 470. The lowest BCUT2D eigenvalue weighted by Gasteiger charge is -2.37. The second-order valence-corrected chi connectivity index (χ2v) is 6.05. The minimum Gasteiger partial charge on any atom is -0.353 e. The van der Waals surface area contributed by atoms with Crippen LogP contribution in [0.5, 0.6) is 0 Å². The summed E-state index contributed by atoms with van der Waals surface area (Å²) < 4.78 is 151. The van der Waals surface area contributed by atoms with E-state index >= 15 is 0 Å². The van der Waals surface area contributed by atoms with Gasteiger partial charge < -0.3 is 9.47 Å². The van der Waals surface area contributed by atoms with Crippen molar-refractivity contribution in [2.24, 2.45) is 0 Å². The highest BCUT2D eigenvalue weighted by Gasteiger charge is 2.86. The Morgan fingerprint density at radius 2 is 1.33 bits per heavy atom. The molecule has 1 atom stereocenters. The van der Waals surface area contributed by atoms with Gasteiger partial charge in [-0.1, -0.05) is 6.42 Å². The van der Waals surface area contributed by atoms with Crippen molar-refractivity contribution in [3.05, 3.63) is 0 Å². The normalized spacial score (nSPS) is 20.3. The first-order valence-corrected chi connectivity index (χ1v) is 7.89. The second-order valence-electron chi connectivity index (χ2n) is 6.05. The number of alkyl halides is 11. The van der Waals surface area contributed by atoms with Gasteiger partial charge in [-0.05, 0) is 19.3 Å². The van der Waals surface area contributed by atoms with Gasteiger partial charge in [0.1, 0.15) is 0 Å². The SMILES string of the molecule is FC(F)(F)C(F)(F)C(F)(F)C(F)(F)C(F)(F)CCCCCOC1CCCO1. The quantitative estimate of drug-likeness (QED) is 0.325. The van der Waals surface area contributed by atoms with E-state index in [-0.39, 0.29) is 19.4 Å². The maximum atomic E-state index is 13.4. The minimum atomic E-state index is -7.33. The number of ether oxygens (including phenoxy) is 2. The number of rotatable bonds is 10. The van der Waals surface area contributed by atoms with Crippen LogP contribution in [0.4, 0.5) is 48.3 Å². The summed E-state index contributed by atoms with van der Waals surface area (Å²) in [7, 11) is 0. The third kappa shape index (κ3) is 4.96. The summed E-state index contributed by atoms with van der Waals surface area (Å²) in [5.41, 5.74) is 0. The molecule has 1 unspecified atom stereocenters. The standard InChI is InChI=1S/C14H17F11O2/c15-10(16,6-2-1-3-7-26-9-5-4-8-27-9)11(17,18)12(19,20)13(21,22)14(23,24)25/h9H,1-8H2. The molecule has 1 rings (SSSR count). The highest BCUT2D eigenvalue weighted by atomic mass is 19.4. The van der Waals surface area contributed by atoms with Crippen LogP contribution in [0.3, 0.4) is 0 Å². The van der Waals surface area contributed by atoms with Crippen LogP contribution in [-0.2, 0) is 9.47 Å². The van der Waals surface area contributed by atoms with Crippen LogP contribution < -0.4 is 0 Å². The minimum absolute atomic E-state index is 0.00502. The third-order valence-corrected chi connectivity index (χ3v) is 3.93. The molecule has 0 radical (unpaired) electrons. The van der Waals surface area contributed by atoms with E-state index in [0.29, 0.717) is 13.0 Å². The maximum Gasteiger partial charge on any atom is 0.460 e. The van der Waals surface area contributed by atoms with Crippen molar-refractivity contribution in [2.45, 2.75) is 74.7 Å². The van der Waals surface area contributed by atoms with Crippen molar-refractivity contribution >= 4 is 0 Å². The zero-order valence-corrected chi connectivity index (χ0v) is 13.7. The van der Waals surface area contributed by atoms with Gasteiger partial charge >= 0.3 is 29.9 Å². The van der Waals surface area contributed by atoms with Crippen molar-refractivity contribution in [3.8, 4) is 0 Å². The first-order valence-electron chi connectivity index (χ1n) is 7.89. The van der Waals surface area contributed by atoms with Gasteiger partial charge in [0, 0.05) is 26.1 Å². The van der Waals surface area contributed by atoms with Crippen LogP contribution in [0.2, 0.25) is 0 Å². The molecule has 0 aromatic heterocycles. The van der Waals surface area contributed by atoms with Gasteiger partial charge in [-0.25, -0.2) is 0 Å². The van der Waals surface area contributed by atoms with E-state index in [1.165, 1.54) is 0 Å². The van der Waals surface area contributed by atoms with Gasteiger partial charge in [-0.3, -0.25) is 0 Å². The molecule has 0 bridgehead atoms. The van der Waals surface area contributed by atoms with Crippen molar-refractivity contribution in [3.63, 3.8) is 0 Å². The first kappa shape index (κ1) is 24.2. The summed E-state index contributed by atoms with van der Waals surface area (Å²) in [5.74, 6) is -27.3. The number of halogens is 11. The van der Waals surface area contributed by atoms with Crippen LogP contribution in [-0.4, -0.2) is 49.4 Å². The Hall–Kier alpha value is -0.850. The van der Waals surface area contributed by atoms with Crippen LogP contribution in [0.15, 0.2) is 0 Å². The van der Waals surface area contributed by atoms with Crippen LogP contribution in [0.1, 0.15) is 38.5 Å². The molecule has 0 amide bonds. The van der Waals surface area contributed by atoms with E-state index in [9.17, 15) is 48.3 Å². The summed E-state index contributed by atoms with van der Waals surface area (Å²) in [6.45, 7) is 0.470. The molecule has 27 heavy (non-hydrogen) atoms. The summed E-state index contributed by atoms with van der Waals surface area (Å²) >= 11 is 0. The number of hydrogen-bond donors (Lipinski definition) is 0. The molecular weight excluding hydrogens is 409 g/mol. The van der Waals surface area contributed by atoms with Crippen LogP contribution in [0.25, 0.3) is 0 Å². The molecule has 0 aromatic carbocycles. The molecule has 162 valence electrons. The van der Waals surface area contributed by atoms with Gasteiger partial charge in [0.05, 0.1) is 0 Å². The molecule has 2 nitrogen and oxygen atoms in total. The van der Waals surface area contributed by atoms with Crippen molar-refractivity contribution < 1.29 is 57.8 Å². The molecule has 1 aliphatic rings. The van der Waals surface area contributed by atoms with Crippen molar-refractivity contribution in [1.82, 2.24) is 0 Å². The molecule has 0 aromatic rings. The van der Waals surface area contributed by atoms with Crippen molar-refractivity contribution in [2.75, 3.05) is 13.2 Å². The Labute approximate surface area is 147 Å². The predicted octanol–water partition coefficient (Wildman–Crippen LogP) is 5.80. The van der Waals surface area contributed by atoms with Gasteiger partial charge in [0.2, 0.25) is 0 Å².